The van der Waals surface area contributed by atoms with Gasteiger partial charge in [0.1, 0.15) is 0 Å². The van der Waals surface area contributed by atoms with Crippen LogP contribution in [0.5, 0.6) is 0 Å². The van der Waals surface area contributed by atoms with Gasteiger partial charge in [0.15, 0.2) is 0 Å². The third-order valence-electron chi connectivity index (χ3n) is 4.31. The summed E-state index contributed by atoms with van der Waals surface area (Å²) >= 11 is 0. The van der Waals surface area contributed by atoms with Crippen LogP contribution in [-0.2, 0) is 18.3 Å². The summed E-state index contributed by atoms with van der Waals surface area (Å²) in [6, 6.07) is 16.3. The molecule has 4 rings (SSSR count). The maximum atomic E-state index is 12.3. The van der Waals surface area contributed by atoms with E-state index in [1.165, 1.54) is 16.5 Å². The topological polar surface area (TPSA) is 34.0 Å². The van der Waals surface area contributed by atoms with Crippen LogP contribution in [-0.4, -0.2) is 10.5 Å². The number of para-hydroxylation sites is 2. The van der Waals surface area contributed by atoms with Crippen molar-refractivity contribution >= 4 is 22.5 Å². The number of amides is 1. The first-order chi connectivity index (χ1) is 10.2. The first kappa shape index (κ1) is 12.2. The zero-order chi connectivity index (χ0) is 14.4. The van der Waals surface area contributed by atoms with Crippen molar-refractivity contribution in [2.75, 3.05) is 5.32 Å². The van der Waals surface area contributed by atoms with Crippen LogP contribution in [0.15, 0.2) is 54.7 Å². The SMILES string of the molecule is Cn1cc(C[C@H]2C(=O)Nc3ccccc32)c2ccccc21. The molecule has 104 valence electrons. The van der Waals surface area contributed by atoms with Crippen LogP contribution < -0.4 is 5.32 Å². The number of hydrogen-bond donors (Lipinski definition) is 1. The van der Waals surface area contributed by atoms with Crippen LogP contribution in [0.25, 0.3) is 10.9 Å². The van der Waals surface area contributed by atoms with Gasteiger partial charge in [0.25, 0.3) is 0 Å². The summed E-state index contributed by atoms with van der Waals surface area (Å²) < 4.78 is 2.13. The van der Waals surface area contributed by atoms with Crippen molar-refractivity contribution in [2.45, 2.75) is 12.3 Å². The molecular formula is C18H16N2O. The lowest BCUT2D eigenvalue weighted by molar-refractivity contribution is -0.117. The lowest BCUT2D eigenvalue weighted by Gasteiger charge is -2.07. The molecule has 2 heterocycles. The van der Waals surface area contributed by atoms with E-state index < -0.39 is 0 Å². The first-order valence-corrected chi connectivity index (χ1v) is 7.17. The average molecular weight is 276 g/mol. The molecule has 3 aromatic rings. The minimum Gasteiger partial charge on any atom is -0.350 e. The first-order valence-electron chi connectivity index (χ1n) is 7.17. The second-order valence-electron chi connectivity index (χ2n) is 5.62. The molecule has 1 N–H and O–H groups in total. The molecule has 3 heteroatoms. The fourth-order valence-corrected chi connectivity index (χ4v) is 3.29. The number of nitrogens with zero attached hydrogens (tertiary/aromatic N) is 1. The number of nitrogens with one attached hydrogen (secondary N) is 1. The molecule has 0 unspecified atom stereocenters. The zero-order valence-corrected chi connectivity index (χ0v) is 11.8. The standard InChI is InChI=1S/C18H16N2O/c1-20-11-12(13-6-3-5-9-17(13)20)10-15-14-7-2-4-8-16(14)19-18(15)21/h2-9,11,15H,10H2,1H3,(H,19,21)/t15-/m1/s1. The third kappa shape index (κ3) is 1.85. The number of benzene rings is 2. The summed E-state index contributed by atoms with van der Waals surface area (Å²) in [5.74, 6) is 0.0103. The minimum absolute atomic E-state index is 0.0907. The van der Waals surface area contributed by atoms with E-state index in [9.17, 15) is 4.79 Å². The molecule has 0 saturated heterocycles. The maximum absolute atomic E-state index is 12.3. The number of aryl methyl sites for hydroxylation is 1. The van der Waals surface area contributed by atoms with Gasteiger partial charge in [-0.05, 0) is 29.7 Å². The molecule has 3 nitrogen and oxygen atoms in total. The van der Waals surface area contributed by atoms with E-state index in [1.54, 1.807) is 0 Å². The minimum atomic E-state index is -0.0907. The number of carbonyl (C=O) groups excluding carboxylic acids is 1. The van der Waals surface area contributed by atoms with Gasteiger partial charge in [-0.1, -0.05) is 36.4 Å². The molecular weight excluding hydrogens is 260 g/mol. The highest BCUT2D eigenvalue weighted by atomic mass is 16.2. The Bertz CT molecular complexity index is 847. The summed E-state index contributed by atoms with van der Waals surface area (Å²) in [5.41, 5.74) is 4.49. The van der Waals surface area contributed by atoms with Crippen molar-refractivity contribution in [1.82, 2.24) is 4.57 Å². The van der Waals surface area contributed by atoms with E-state index in [2.05, 4.69) is 41.3 Å². The average Bonchev–Trinajstić information content (AvgIpc) is 2.99. The summed E-state index contributed by atoms with van der Waals surface area (Å²) in [6.07, 6.45) is 2.88. The lowest BCUT2D eigenvalue weighted by Crippen LogP contribution is -2.14. The van der Waals surface area contributed by atoms with Crippen molar-refractivity contribution in [1.29, 1.82) is 0 Å². The monoisotopic (exact) mass is 276 g/mol. The molecule has 2 aromatic carbocycles. The van der Waals surface area contributed by atoms with Crippen LogP contribution in [0.3, 0.4) is 0 Å². The zero-order valence-electron chi connectivity index (χ0n) is 11.8. The molecule has 0 saturated carbocycles. The predicted molar refractivity (Wildman–Crippen MR) is 84.4 cm³/mol. The fourth-order valence-electron chi connectivity index (χ4n) is 3.29. The molecule has 21 heavy (non-hydrogen) atoms. The Morgan fingerprint density at radius 2 is 1.86 bits per heavy atom. The largest absolute Gasteiger partial charge is 0.350 e. The second kappa shape index (κ2) is 4.48. The highest BCUT2D eigenvalue weighted by Crippen LogP contribution is 2.36. The van der Waals surface area contributed by atoms with E-state index in [1.807, 2.05) is 30.3 Å². The van der Waals surface area contributed by atoms with E-state index >= 15 is 0 Å². The summed E-state index contributed by atoms with van der Waals surface area (Å²) in [4.78, 5) is 12.3. The molecule has 1 aliphatic heterocycles. The quantitative estimate of drug-likeness (QED) is 0.764. The van der Waals surface area contributed by atoms with Gasteiger partial charge in [0.05, 0.1) is 5.92 Å². The number of fused-ring (bicyclic) bond motifs is 2. The molecule has 0 aliphatic carbocycles. The third-order valence-corrected chi connectivity index (χ3v) is 4.31. The van der Waals surface area contributed by atoms with Crippen LogP contribution >= 0.6 is 0 Å². The van der Waals surface area contributed by atoms with Crippen LogP contribution in [0.1, 0.15) is 17.0 Å². The molecule has 1 aromatic heterocycles. The Morgan fingerprint density at radius 3 is 2.76 bits per heavy atom. The highest BCUT2D eigenvalue weighted by molar-refractivity contribution is 6.03. The predicted octanol–water partition coefficient (Wildman–Crippen LogP) is 3.46. The van der Waals surface area contributed by atoms with Crippen molar-refractivity contribution in [3.05, 3.63) is 65.9 Å². The van der Waals surface area contributed by atoms with Gasteiger partial charge in [-0.2, -0.15) is 0 Å². The van der Waals surface area contributed by atoms with Crippen molar-refractivity contribution in [3.63, 3.8) is 0 Å². The van der Waals surface area contributed by atoms with Crippen LogP contribution in [0, 0.1) is 0 Å². The molecule has 0 fully saturated rings. The Morgan fingerprint density at radius 1 is 1.10 bits per heavy atom. The Balaban J connectivity index is 1.77. The summed E-state index contributed by atoms with van der Waals surface area (Å²) in [5, 5.41) is 4.21. The van der Waals surface area contributed by atoms with Crippen molar-refractivity contribution in [3.8, 4) is 0 Å². The van der Waals surface area contributed by atoms with Gasteiger partial charge in [0.2, 0.25) is 5.91 Å². The number of aromatic nitrogens is 1. The number of carbonyl (C=O) groups is 1. The Labute approximate surface area is 123 Å². The molecule has 1 amide bonds. The lowest BCUT2D eigenvalue weighted by atomic mass is 9.93. The Hall–Kier alpha value is -2.55. The van der Waals surface area contributed by atoms with Crippen LogP contribution in [0.2, 0.25) is 0 Å². The van der Waals surface area contributed by atoms with Crippen LogP contribution in [0.4, 0.5) is 5.69 Å². The maximum Gasteiger partial charge on any atom is 0.232 e. The van der Waals surface area contributed by atoms with E-state index in [4.69, 9.17) is 0 Å². The van der Waals surface area contributed by atoms with Gasteiger partial charge in [0, 0.05) is 29.8 Å². The molecule has 0 bridgehead atoms. The van der Waals surface area contributed by atoms with E-state index in [0.717, 1.165) is 17.7 Å². The summed E-state index contributed by atoms with van der Waals surface area (Å²) in [7, 11) is 2.05. The molecule has 0 radical (unpaired) electrons. The number of hydrogen-bond acceptors (Lipinski definition) is 1. The molecule has 1 atom stereocenters. The highest BCUT2D eigenvalue weighted by Gasteiger charge is 2.30. The smallest absolute Gasteiger partial charge is 0.232 e. The fraction of sp³-hybridized carbons (Fsp3) is 0.167. The van der Waals surface area contributed by atoms with Crippen molar-refractivity contribution in [2.24, 2.45) is 7.05 Å². The Kier molecular flexibility index (Phi) is 2.61. The normalized spacial score (nSPS) is 17.0. The van der Waals surface area contributed by atoms with Gasteiger partial charge >= 0.3 is 0 Å². The molecule has 1 aliphatic rings. The van der Waals surface area contributed by atoms with Gasteiger partial charge in [-0.3, -0.25) is 4.79 Å². The number of rotatable bonds is 2. The van der Waals surface area contributed by atoms with E-state index in [-0.39, 0.29) is 11.8 Å². The van der Waals surface area contributed by atoms with E-state index in [0.29, 0.717) is 0 Å². The van der Waals surface area contributed by atoms with Gasteiger partial charge < -0.3 is 9.88 Å². The second-order valence-corrected chi connectivity index (χ2v) is 5.62. The van der Waals surface area contributed by atoms with Crippen molar-refractivity contribution < 1.29 is 4.79 Å². The van der Waals surface area contributed by atoms with Gasteiger partial charge in [-0.15, -0.1) is 0 Å². The number of anilines is 1. The van der Waals surface area contributed by atoms with Gasteiger partial charge in [-0.25, -0.2) is 0 Å². The summed E-state index contributed by atoms with van der Waals surface area (Å²) in [6.45, 7) is 0. The molecule has 0 spiro atoms.